The predicted octanol–water partition coefficient (Wildman–Crippen LogP) is 3.02. The van der Waals surface area contributed by atoms with Gasteiger partial charge in [0.05, 0.1) is 76.4 Å². The van der Waals surface area contributed by atoms with Gasteiger partial charge < -0.3 is 104 Å². The Morgan fingerprint density at radius 3 is 2.13 bits per heavy atom. The lowest BCUT2D eigenvalue weighted by Gasteiger charge is -2.63. The number of nitrogens with zero attached hydrogens (tertiary/aromatic N) is 7. The molecule has 15 rings (SSSR count). The smallest absolute Gasteiger partial charge is 0.397 e. The molecule has 10 aliphatic rings. The molecule has 5 aliphatic carbocycles. The van der Waals surface area contributed by atoms with Crippen LogP contribution in [0, 0.1) is 28.6 Å². The quantitative estimate of drug-likeness (QED) is 0.0383. The van der Waals surface area contributed by atoms with Gasteiger partial charge in [0, 0.05) is 49.6 Å². The Kier molecular flexibility index (Phi) is 32.8. The Bertz CT molecular complexity index is 6660. The fourth-order valence-corrected chi connectivity index (χ4v) is 25.8. The van der Waals surface area contributed by atoms with Crippen molar-refractivity contribution in [3.8, 4) is 0 Å². The van der Waals surface area contributed by atoms with E-state index in [4.69, 9.17) is 39.1 Å². The Morgan fingerprint density at radius 1 is 0.779 bits per heavy atom. The summed E-state index contributed by atoms with van der Waals surface area (Å²) in [6, 6.07) is -11.6. The number of aliphatic hydroxyl groups excluding tert-OH is 5. The van der Waals surface area contributed by atoms with Crippen LogP contribution in [-0.4, -0.2) is 264 Å². The molecule has 53 heteroatoms. The Hall–Kier alpha value is -12.0. The first-order valence-corrected chi connectivity index (χ1v) is 53.3. The molecule has 13 bridgehead atoms. The van der Waals surface area contributed by atoms with Gasteiger partial charge in [0.1, 0.15) is 126 Å². The van der Waals surface area contributed by atoms with Gasteiger partial charge in [0.15, 0.2) is 28.6 Å². The number of esters is 1. The topological polar surface area (TPSA) is 699 Å². The summed E-state index contributed by atoms with van der Waals surface area (Å²) in [7, 11) is -5.09. The van der Waals surface area contributed by atoms with Crippen LogP contribution in [0.2, 0.25) is 0 Å². The Morgan fingerprint density at radius 2 is 1.46 bits per heavy atom. The minimum absolute atomic E-state index is 0.0158. The van der Waals surface area contributed by atoms with Gasteiger partial charge in [0.2, 0.25) is 29.5 Å². The lowest BCUT2D eigenvalue weighted by atomic mass is 9.44. The minimum atomic E-state index is -5.09. The highest BCUT2D eigenvalue weighted by Gasteiger charge is 2.81. The lowest BCUT2D eigenvalue weighted by Crippen LogP contribution is -2.70. The number of aliphatic imine (C=N–C) groups is 2. The number of Topliss-reactive ketones (excluding diaryl/α,β-unsaturated/α-hetero) is 1. The van der Waals surface area contributed by atoms with Crippen LogP contribution in [0.4, 0.5) is 4.39 Å². The molecule has 0 radical (unpaired) electrons. The molecule has 5 aromatic heterocycles. The number of ether oxygens (including phenoxy) is 3. The molecule has 10 heterocycles. The summed E-state index contributed by atoms with van der Waals surface area (Å²) < 4.78 is 74.9. The van der Waals surface area contributed by atoms with Gasteiger partial charge >= 0.3 is 16.4 Å². The molecule has 5 aliphatic heterocycles. The van der Waals surface area contributed by atoms with Crippen molar-refractivity contribution in [2.45, 2.75) is 267 Å². The Labute approximate surface area is 873 Å². The van der Waals surface area contributed by atoms with E-state index in [1.807, 2.05) is 0 Å². The number of pyridine rings is 1. The highest BCUT2D eigenvalue weighted by molar-refractivity contribution is 8.14. The first kappa shape index (κ1) is 113. The molecule has 25 atom stereocenters. The monoisotopic (exact) mass is 2180 g/mol. The van der Waals surface area contributed by atoms with Crippen LogP contribution in [0.3, 0.4) is 0 Å². The number of carbonyl (C=O) groups excluding carboxylic acids is 14. The average Bonchev–Trinajstić information content (AvgIpc) is 1.49. The number of thiazole rings is 4. The molecular weight excluding hydrogens is 2060 g/mol. The molecular formula is C96H116FN19O27S6. The molecule has 0 spiro atoms. The molecule has 800 valence electrons. The molecule has 20 N–H and O–H groups in total. The summed E-state index contributed by atoms with van der Waals surface area (Å²) >= 11 is 4.42. The summed E-state index contributed by atoms with van der Waals surface area (Å²) in [5.74, 6) is -15.5. The van der Waals surface area contributed by atoms with Crippen LogP contribution in [0.1, 0.15) is 257 Å². The normalized spacial score (nSPS) is 31.8. The maximum absolute atomic E-state index is 17.7. The zero-order valence-corrected chi connectivity index (χ0v) is 88.0. The number of primary amides is 1. The molecule has 3 saturated carbocycles. The number of amides is 11. The maximum Gasteiger partial charge on any atom is 0.397 e. The number of alkyl halides is 1. The number of nitrogens with two attached hydrogens (primary N) is 1. The van der Waals surface area contributed by atoms with Crippen molar-refractivity contribution < 1.29 is 134 Å². The number of cyclic esters (lactones) is 1. The van der Waals surface area contributed by atoms with E-state index in [-0.39, 0.29) is 120 Å². The summed E-state index contributed by atoms with van der Waals surface area (Å²) in [5.41, 5.74) is -7.77. The van der Waals surface area contributed by atoms with E-state index in [0.29, 0.717) is 18.4 Å². The van der Waals surface area contributed by atoms with Crippen LogP contribution in [0.25, 0.3) is 6.08 Å². The van der Waals surface area contributed by atoms with Crippen molar-refractivity contribution in [1.82, 2.24) is 83.4 Å². The van der Waals surface area contributed by atoms with Crippen LogP contribution in [-0.2, 0) is 82.3 Å². The first-order valence-electron chi connectivity index (χ1n) is 47.5. The minimum Gasteiger partial charge on any atom is -0.455 e. The van der Waals surface area contributed by atoms with Gasteiger partial charge in [-0.2, -0.15) is 8.42 Å². The van der Waals surface area contributed by atoms with Crippen molar-refractivity contribution in [2.24, 2.45) is 44.3 Å². The Balaban J connectivity index is 0.000000416. The summed E-state index contributed by atoms with van der Waals surface area (Å²) in [5, 5.41) is 102. The van der Waals surface area contributed by atoms with Crippen LogP contribution >= 0.6 is 57.1 Å². The molecule has 17 unspecified atom stereocenters. The second-order valence-corrected chi connectivity index (χ2v) is 44.8. The number of fused-ring (bicyclic) bond motifs is 14. The lowest BCUT2D eigenvalue weighted by molar-refractivity contribution is -0.242. The van der Waals surface area contributed by atoms with Gasteiger partial charge in [-0.15, -0.1) is 57.1 Å². The molecule has 11 amide bonds. The van der Waals surface area contributed by atoms with Crippen molar-refractivity contribution >= 4 is 167 Å². The third-order valence-corrected chi connectivity index (χ3v) is 34.2. The van der Waals surface area contributed by atoms with Crippen molar-refractivity contribution in [1.29, 1.82) is 0 Å². The number of hydrogen-bond donors (Lipinski definition) is 19. The van der Waals surface area contributed by atoms with E-state index in [1.54, 1.807) is 54.5 Å². The molecule has 46 nitrogen and oxygen atoms in total. The number of aliphatic hydroxyl groups is 6. The summed E-state index contributed by atoms with van der Waals surface area (Å²) in [6.45, 7) is 30.7. The number of ketones is 2. The molecule has 1 saturated heterocycles. The van der Waals surface area contributed by atoms with Gasteiger partial charge in [-0.25, -0.2) is 38.3 Å². The standard InChI is InChI=1S/C72H85N19O18S5.C24H31FO9S/c1-14-26(3)47-63(105)78-30(7)57(99)75-28(5)56(98)76-31(8)58(100)91-72-19-18-40(66-85-43(22-111-66)59(101)77-29(6)55(97)74-27(4)54(73)96)81-52(72)42-21-112-67(83-42)49(34(11)109-69(107)41-20-37(32(9)92)36-16-17-39(79-47)51(95)50(36)80-41)89-60(102)44-24-113-68(86-44)53(71(13,108)35(12)94)90-62(104)45-23-110-65(84-45)38(15-2)82-64(106)48(33(10)93)88-61(103)46-25-114-70(72)87-46;1-20(2)32-18-10-16-15-6-5-13-9-14(27)7-8-21(13,3)23(15,25)19(33-35(29,30)31)11-22(16,4)24(18,34-20)17(28)12-26/h15-17,20-22,24-26,30-35,39,45,47-49,51-53,79,92-95,108H,4-6,14,18-19,23H2,1-3,7-13H3,(H2,73,96)(H,74,97)(H,75,99)(H,76,98)(H,77,101)(H,78,105)(H,82,106)(H,88,103)(H,89,102)(H,90,104)(H,91,100);7-9,15-16,18-19,26H,5-6,10-12H2,1-4H3,(H,29,30,31)/b38-15+;/t;15-,16-,18+,19-,21-,22-,23-,24+/m.0/s1. The van der Waals surface area contributed by atoms with E-state index in [2.05, 4.69) is 98.2 Å². The summed E-state index contributed by atoms with van der Waals surface area (Å²) in [4.78, 5) is 229. The largest absolute Gasteiger partial charge is 0.455 e. The van der Waals surface area contributed by atoms with E-state index in [1.165, 1.54) is 106 Å². The second-order valence-electron chi connectivity index (χ2n) is 39.2. The van der Waals surface area contributed by atoms with E-state index in [9.17, 15) is 96.3 Å². The third kappa shape index (κ3) is 22.0. The number of hydrogen-bond acceptors (Lipinski definition) is 39. The summed E-state index contributed by atoms with van der Waals surface area (Å²) in [6.07, 6.45) is -0.921. The third-order valence-electron chi connectivity index (χ3n) is 28.9. The maximum atomic E-state index is 17.7. The number of nitrogens with one attached hydrogen (secondary N) is 11. The van der Waals surface area contributed by atoms with E-state index < -0.39 is 270 Å². The molecule has 0 aromatic carbocycles. The number of thioether (sulfide) groups is 1. The predicted molar refractivity (Wildman–Crippen MR) is 537 cm³/mol. The van der Waals surface area contributed by atoms with Crippen LogP contribution in [0.5, 0.6) is 0 Å². The fourth-order valence-electron chi connectivity index (χ4n) is 20.5. The fraction of sp³-hybridized carbons (Fsp3) is 0.510. The number of halogens is 1. The molecule has 4 fully saturated rings. The zero-order valence-electron chi connectivity index (χ0n) is 83.1. The van der Waals surface area contributed by atoms with Gasteiger partial charge in [-0.3, -0.25) is 82.2 Å². The van der Waals surface area contributed by atoms with Gasteiger partial charge in [-0.05, 0) is 150 Å². The van der Waals surface area contributed by atoms with Crippen molar-refractivity contribution in [3.63, 3.8) is 0 Å². The zero-order chi connectivity index (χ0) is 109. The van der Waals surface area contributed by atoms with E-state index in [0.717, 1.165) is 57.1 Å². The van der Waals surface area contributed by atoms with E-state index >= 15 is 18.8 Å². The number of aromatic nitrogens is 5. The number of allylic oxidation sites excluding steroid dienone is 5. The molecule has 149 heavy (non-hydrogen) atoms. The second kappa shape index (κ2) is 43.4. The SMILES string of the molecule is C=C(NC(=O)C(=C)NC(=O)c1csc(C2=NC3c4csc(n4)C4NC(=O)c5csc(n5)C(C(C)(O)C(C)O)NC(=O)C5CSC(=N5)/C(=C\C)NC(=O)C(C(C)O)NC(=O)c5csc(n5)C3(CC2)NC(=O)C(C)NC(=O)C(=C)NC(=O)C(C)NC(=O)C(C(C)CC)NC2C=Cc3c(C(C)O)cc(nc3C2O)C(=O)OC4C)n1)C(N)=O.CC1(C)O[C@@H]2C[C@H]3[C@@H]4CCC5=CC(=O)C=C[C@]5(C)[C@@]4(F)[C@@H](OS(=O)(=O)O)C[C@]3(C)[C@]2(C(=O)CO)O1. The molecule has 5 aromatic rings. The number of rotatable bonds is 16. The number of carbonyl (C=O) groups is 14. The highest BCUT2D eigenvalue weighted by atomic mass is 32.3. The van der Waals surface area contributed by atoms with Crippen LogP contribution in [0.15, 0.2) is 116 Å². The van der Waals surface area contributed by atoms with Gasteiger partial charge in [0.25, 0.3) is 35.4 Å². The average molecular weight is 2180 g/mol. The van der Waals surface area contributed by atoms with Gasteiger partial charge in [-0.1, -0.05) is 76.8 Å². The van der Waals surface area contributed by atoms with Crippen molar-refractivity contribution in [3.05, 3.63) is 171 Å². The van der Waals surface area contributed by atoms with Crippen LogP contribution < -0.4 is 64.2 Å². The highest BCUT2D eigenvalue weighted by Crippen LogP contribution is 2.73. The van der Waals surface area contributed by atoms with Crippen molar-refractivity contribution in [2.75, 3.05) is 12.4 Å². The first-order chi connectivity index (χ1) is 69.8.